The third-order valence-electron chi connectivity index (χ3n) is 5.71. The fourth-order valence-corrected chi connectivity index (χ4v) is 4.29. The van der Waals surface area contributed by atoms with Gasteiger partial charge in [-0.2, -0.15) is 0 Å². The van der Waals surface area contributed by atoms with E-state index in [1.165, 1.54) is 7.11 Å². The first-order chi connectivity index (χ1) is 16.9. The van der Waals surface area contributed by atoms with Crippen LogP contribution < -0.4 is 19.7 Å². The number of ether oxygens (including phenoxy) is 2. The van der Waals surface area contributed by atoms with E-state index in [4.69, 9.17) is 32.7 Å². The molecule has 1 aliphatic rings. The molecule has 1 fully saturated rings. The quantitative estimate of drug-likeness (QED) is 0.516. The molecule has 1 aromatic heterocycles. The predicted octanol–water partition coefficient (Wildman–Crippen LogP) is 4.62. The summed E-state index contributed by atoms with van der Waals surface area (Å²) < 4.78 is 10.5. The summed E-state index contributed by atoms with van der Waals surface area (Å²) in [5, 5.41) is 3.67. The van der Waals surface area contributed by atoms with Crippen molar-refractivity contribution in [3.63, 3.8) is 0 Å². The number of carbonyl (C=O) groups is 2. The molecule has 0 aliphatic carbocycles. The summed E-state index contributed by atoms with van der Waals surface area (Å²) in [7, 11) is 3.05. The molecule has 0 radical (unpaired) electrons. The number of hydrogen-bond donors (Lipinski definition) is 1. The Bertz CT molecular complexity index is 1230. The third-order valence-corrected chi connectivity index (χ3v) is 6.26. The largest absolute Gasteiger partial charge is 0.497 e. The van der Waals surface area contributed by atoms with Crippen molar-refractivity contribution >= 4 is 46.5 Å². The second kappa shape index (κ2) is 10.8. The summed E-state index contributed by atoms with van der Waals surface area (Å²) in [4.78, 5) is 33.9. The van der Waals surface area contributed by atoms with E-state index in [1.54, 1.807) is 60.7 Å². The van der Waals surface area contributed by atoms with Crippen molar-refractivity contribution in [2.24, 2.45) is 0 Å². The van der Waals surface area contributed by atoms with E-state index in [9.17, 15) is 9.59 Å². The molecule has 0 spiro atoms. The highest BCUT2D eigenvalue weighted by atomic mass is 35.5. The molecule has 0 bridgehead atoms. The maximum Gasteiger partial charge on any atom is 0.259 e. The normalized spacial score (nSPS) is 13.4. The molecule has 2 aromatic carbocycles. The van der Waals surface area contributed by atoms with Gasteiger partial charge in [0.15, 0.2) is 0 Å². The third kappa shape index (κ3) is 5.61. The molecule has 2 amide bonds. The van der Waals surface area contributed by atoms with Gasteiger partial charge in [0, 0.05) is 37.3 Å². The Morgan fingerprint density at radius 3 is 2.29 bits per heavy atom. The number of halogens is 2. The van der Waals surface area contributed by atoms with E-state index < -0.39 is 0 Å². The zero-order valence-corrected chi connectivity index (χ0v) is 20.8. The number of nitrogens with one attached hydrogen (secondary N) is 1. The van der Waals surface area contributed by atoms with Crippen molar-refractivity contribution in [1.29, 1.82) is 0 Å². The number of carbonyl (C=O) groups excluding carboxylic acids is 2. The van der Waals surface area contributed by atoms with Crippen LogP contribution in [-0.4, -0.2) is 62.1 Å². The van der Waals surface area contributed by atoms with Crippen molar-refractivity contribution in [3.8, 4) is 11.5 Å². The molecule has 3 aromatic rings. The van der Waals surface area contributed by atoms with Crippen molar-refractivity contribution in [2.45, 2.75) is 0 Å². The zero-order chi connectivity index (χ0) is 24.9. The van der Waals surface area contributed by atoms with E-state index in [-0.39, 0.29) is 11.8 Å². The standard InChI is InChI=1S/C25H24Cl2N4O4/c1-34-18-5-7-20(22(14-18)35-2)24(32)29-17-4-8-23(28-15-17)30-9-11-31(12-10-30)25(33)19-6-3-16(26)13-21(19)27/h3-8,13-15H,9-12H2,1-2H3,(H,29,32). The lowest BCUT2D eigenvalue weighted by Crippen LogP contribution is -2.49. The molecule has 0 saturated carbocycles. The first-order valence-electron chi connectivity index (χ1n) is 10.9. The highest BCUT2D eigenvalue weighted by Gasteiger charge is 2.24. The summed E-state index contributed by atoms with van der Waals surface area (Å²) in [6.07, 6.45) is 1.61. The monoisotopic (exact) mass is 514 g/mol. The Morgan fingerprint density at radius 1 is 0.914 bits per heavy atom. The van der Waals surface area contributed by atoms with Gasteiger partial charge in [0.2, 0.25) is 0 Å². The van der Waals surface area contributed by atoms with Crippen LogP contribution in [0.1, 0.15) is 20.7 Å². The van der Waals surface area contributed by atoms with Crippen LogP contribution >= 0.6 is 23.2 Å². The van der Waals surface area contributed by atoms with Crippen LogP contribution in [0.25, 0.3) is 0 Å². The van der Waals surface area contributed by atoms with Crippen molar-refractivity contribution in [3.05, 3.63) is 75.9 Å². The lowest BCUT2D eigenvalue weighted by Gasteiger charge is -2.35. The van der Waals surface area contributed by atoms with Gasteiger partial charge in [0.25, 0.3) is 11.8 Å². The fourth-order valence-electron chi connectivity index (χ4n) is 3.80. The molecule has 10 heteroatoms. The topological polar surface area (TPSA) is 84.0 Å². The van der Waals surface area contributed by atoms with Gasteiger partial charge < -0.3 is 24.6 Å². The number of nitrogens with zero attached hydrogens (tertiary/aromatic N) is 3. The number of amides is 2. The van der Waals surface area contributed by atoms with E-state index in [2.05, 4.69) is 15.2 Å². The van der Waals surface area contributed by atoms with E-state index in [1.807, 2.05) is 6.07 Å². The molecule has 1 aliphatic heterocycles. The van der Waals surface area contributed by atoms with Crippen LogP contribution in [0.5, 0.6) is 11.5 Å². The number of hydrogen-bond acceptors (Lipinski definition) is 6. The van der Waals surface area contributed by atoms with Gasteiger partial charge in [0.1, 0.15) is 17.3 Å². The maximum absolute atomic E-state index is 12.8. The van der Waals surface area contributed by atoms with Crippen LogP contribution in [0.4, 0.5) is 11.5 Å². The number of rotatable bonds is 6. The van der Waals surface area contributed by atoms with Crippen LogP contribution in [0.2, 0.25) is 10.0 Å². The van der Waals surface area contributed by atoms with Crippen molar-refractivity contribution < 1.29 is 19.1 Å². The molecule has 182 valence electrons. The molecular formula is C25H24Cl2N4O4. The number of methoxy groups -OCH3 is 2. The van der Waals surface area contributed by atoms with Gasteiger partial charge in [-0.15, -0.1) is 0 Å². The van der Waals surface area contributed by atoms with Gasteiger partial charge in [-0.25, -0.2) is 4.98 Å². The molecule has 4 rings (SSSR count). The second-order valence-corrected chi connectivity index (χ2v) is 8.67. The predicted molar refractivity (Wildman–Crippen MR) is 136 cm³/mol. The van der Waals surface area contributed by atoms with Crippen LogP contribution in [-0.2, 0) is 0 Å². The van der Waals surface area contributed by atoms with E-state index in [0.717, 1.165) is 5.82 Å². The Labute approximate surface area is 213 Å². The number of piperazine rings is 1. The number of benzene rings is 2. The number of anilines is 2. The molecule has 1 saturated heterocycles. The molecule has 0 atom stereocenters. The molecule has 35 heavy (non-hydrogen) atoms. The number of pyridine rings is 1. The molecule has 0 unspecified atom stereocenters. The van der Waals surface area contributed by atoms with E-state index >= 15 is 0 Å². The lowest BCUT2D eigenvalue weighted by molar-refractivity contribution is 0.0746. The average Bonchev–Trinajstić information content (AvgIpc) is 2.88. The summed E-state index contributed by atoms with van der Waals surface area (Å²) in [5.74, 6) is 1.35. The SMILES string of the molecule is COc1ccc(C(=O)Nc2ccc(N3CCN(C(=O)c4ccc(Cl)cc4Cl)CC3)nc2)c(OC)c1. The fraction of sp³-hybridized carbons (Fsp3) is 0.240. The Kier molecular flexibility index (Phi) is 7.63. The van der Waals surface area contributed by atoms with Crippen LogP contribution in [0.3, 0.4) is 0 Å². The Morgan fingerprint density at radius 2 is 1.66 bits per heavy atom. The average molecular weight is 515 g/mol. The lowest BCUT2D eigenvalue weighted by atomic mass is 10.1. The second-order valence-electron chi connectivity index (χ2n) is 7.83. The summed E-state index contributed by atoms with van der Waals surface area (Å²) >= 11 is 12.1. The first kappa shape index (κ1) is 24.6. The minimum absolute atomic E-state index is 0.119. The van der Waals surface area contributed by atoms with Crippen LogP contribution in [0, 0.1) is 0 Å². The van der Waals surface area contributed by atoms with Gasteiger partial charge in [-0.1, -0.05) is 23.2 Å². The molecule has 8 nitrogen and oxygen atoms in total. The Balaban J connectivity index is 1.36. The Hall–Kier alpha value is -3.49. The molecule has 1 N–H and O–H groups in total. The zero-order valence-electron chi connectivity index (χ0n) is 19.3. The minimum atomic E-state index is -0.313. The highest BCUT2D eigenvalue weighted by molar-refractivity contribution is 6.36. The van der Waals surface area contributed by atoms with Gasteiger partial charge >= 0.3 is 0 Å². The maximum atomic E-state index is 12.8. The summed E-state index contributed by atoms with van der Waals surface area (Å²) in [5.41, 5.74) is 1.39. The van der Waals surface area contributed by atoms with E-state index in [0.29, 0.717) is 64.5 Å². The van der Waals surface area contributed by atoms with Gasteiger partial charge in [-0.05, 0) is 42.5 Å². The smallest absolute Gasteiger partial charge is 0.259 e. The van der Waals surface area contributed by atoms with Gasteiger partial charge in [0.05, 0.1) is 42.3 Å². The minimum Gasteiger partial charge on any atom is -0.497 e. The summed E-state index contributed by atoms with van der Waals surface area (Å²) in [6, 6.07) is 13.5. The molecular weight excluding hydrogens is 491 g/mol. The van der Waals surface area contributed by atoms with Crippen molar-refractivity contribution in [2.75, 3.05) is 50.6 Å². The van der Waals surface area contributed by atoms with Crippen LogP contribution in [0.15, 0.2) is 54.7 Å². The van der Waals surface area contributed by atoms with Crippen molar-refractivity contribution in [1.82, 2.24) is 9.88 Å². The van der Waals surface area contributed by atoms with Gasteiger partial charge in [-0.3, -0.25) is 9.59 Å². The molecule has 2 heterocycles. The summed E-state index contributed by atoms with van der Waals surface area (Å²) in [6.45, 7) is 2.32. The number of aromatic nitrogens is 1. The highest BCUT2D eigenvalue weighted by Crippen LogP contribution is 2.26. The first-order valence-corrected chi connectivity index (χ1v) is 11.6.